The molecule has 5 atom stereocenters. The Bertz CT molecular complexity index is 900. The minimum atomic E-state index is -2.75. The smallest absolute Gasteiger partial charge is 0.261 e. The fourth-order valence-electron chi connectivity index (χ4n) is 5.20. The second kappa shape index (κ2) is 9.10. The van der Waals surface area contributed by atoms with Crippen LogP contribution >= 0.6 is 0 Å². The number of hydrogen-bond donors (Lipinski definition) is 1. The number of fused-ring (bicyclic) bond motifs is 1. The van der Waals surface area contributed by atoms with E-state index in [0.717, 1.165) is 0 Å². The lowest BCUT2D eigenvalue weighted by Gasteiger charge is -2.45. The largest absolute Gasteiger partial charge is 0.405 e. The van der Waals surface area contributed by atoms with Gasteiger partial charge in [-0.1, -0.05) is 87.5 Å². The van der Waals surface area contributed by atoms with Gasteiger partial charge in [0.2, 0.25) is 0 Å². The van der Waals surface area contributed by atoms with Gasteiger partial charge in [-0.15, -0.1) is 6.58 Å². The van der Waals surface area contributed by atoms with Crippen LogP contribution in [0.25, 0.3) is 0 Å². The molecule has 2 aliphatic heterocycles. The van der Waals surface area contributed by atoms with Gasteiger partial charge in [-0.2, -0.15) is 0 Å². The SMILES string of the molecule is C=C[C@@H]1O[C@H](CO[Si](c2ccccc2)(c2ccccc2)C(C)(C)C)[C@@H](O)[C@@H]2OC(C)(C)O[C@@H]21. The molecule has 1 N–H and O–H groups in total. The van der Waals surface area contributed by atoms with Gasteiger partial charge in [-0.25, -0.2) is 0 Å². The van der Waals surface area contributed by atoms with Crippen LogP contribution in [0.5, 0.6) is 0 Å². The first-order chi connectivity index (χ1) is 15.6. The van der Waals surface area contributed by atoms with Gasteiger partial charge in [0.05, 0.1) is 6.61 Å². The summed E-state index contributed by atoms with van der Waals surface area (Å²) in [7, 11) is -2.75. The van der Waals surface area contributed by atoms with E-state index in [-0.39, 0.29) is 17.7 Å². The topological polar surface area (TPSA) is 57.2 Å². The highest BCUT2D eigenvalue weighted by Crippen LogP contribution is 2.40. The van der Waals surface area contributed by atoms with E-state index < -0.39 is 38.5 Å². The summed E-state index contributed by atoms with van der Waals surface area (Å²) < 4.78 is 25.3. The van der Waals surface area contributed by atoms with Crippen molar-refractivity contribution in [1.82, 2.24) is 0 Å². The minimum absolute atomic E-state index is 0.162. The van der Waals surface area contributed by atoms with Crippen LogP contribution in [0, 0.1) is 0 Å². The summed E-state index contributed by atoms with van der Waals surface area (Å²) in [5, 5.41) is 13.4. The molecular formula is C27H36O5Si. The van der Waals surface area contributed by atoms with Gasteiger partial charge < -0.3 is 23.7 Å². The maximum Gasteiger partial charge on any atom is 0.261 e. The quantitative estimate of drug-likeness (QED) is 0.520. The molecule has 2 aromatic carbocycles. The minimum Gasteiger partial charge on any atom is -0.405 e. The molecule has 2 fully saturated rings. The molecule has 0 aliphatic carbocycles. The average Bonchev–Trinajstić information content (AvgIpc) is 3.12. The lowest BCUT2D eigenvalue weighted by Crippen LogP contribution is -2.68. The van der Waals surface area contributed by atoms with Crippen LogP contribution < -0.4 is 10.4 Å². The molecule has 0 unspecified atom stereocenters. The molecule has 0 spiro atoms. The van der Waals surface area contributed by atoms with Gasteiger partial charge in [0.15, 0.2) is 5.79 Å². The molecule has 0 aromatic heterocycles. The van der Waals surface area contributed by atoms with Crippen LogP contribution in [0.1, 0.15) is 34.6 Å². The Kier molecular flexibility index (Phi) is 6.71. The number of ether oxygens (including phenoxy) is 3. The number of aliphatic hydroxyl groups is 1. The summed E-state index contributed by atoms with van der Waals surface area (Å²) in [6, 6.07) is 20.9. The van der Waals surface area contributed by atoms with Crippen molar-refractivity contribution in [2.75, 3.05) is 6.61 Å². The normalized spacial score (nSPS) is 29.5. The zero-order valence-corrected chi connectivity index (χ0v) is 21.2. The molecule has 2 heterocycles. The van der Waals surface area contributed by atoms with Gasteiger partial charge in [-0.3, -0.25) is 0 Å². The average molecular weight is 469 g/mol. The fourth-order valence-corrected chi connectivity index (χ4v) is 9.77. The Balaban J connectivity index is 1.69. The van der Waals surface area contributed by atoms with Crippen LogP contribution in [-0.4, -0.2) is 56.3 Å². The Morgan fingerprint density at radius 3 is 1.97 bits per heavy atom. The molecular weight excluding hydrogens is 432 g/mol. The number of aliphatic hydroxyl groups excluding tert-OH is 1. The highest BCUT2D eigenvalue weighted by atomic mass is 28.4. The van der Waals surface area contributed by atoms with Crippen LogP contribution in [0.15, 0.2) is 73.3 Å². The van der Waals surface area contributed by atoms with Crippen molar-refractivity contribution in [1.29, 1.82) is 0 Å². The van der Waals surface area contributed by atoms with Crippen molar-refractivity contribution in [2.24, 2.45) is 0 Å². The third-order valence-corrected chi connectivity index (χ3v) is 11.7. The van der Waals surface area contributed by atoms with Crippen LogP contribution in [-0.2, 0) is 18.6 Å². The van der Waals surface area contributed by atoms with Crippen molar-refractivity contribution in [2.45, 2.75) is 76.0 Å². The van der Waals surface area contributed by atoms with Crippen molar-refractivity contribution in [3.63, 3.8) is 0 Å². The predicted octanol–water partition coefficient (Wildman–Crippen LogP) is 3.40. The van der Waals surface area contributed by atoms with Crippen molar-refractivity contribution >= 4 is 18.7 Å². The lowest BCUT2D eigenvalue weighted by molar-refractivity contribution is -0.182. The second-order valence-electron chi connectivity index (χ2n) is 10.4. The van der Waals surface area contributed by atoms with E-state index in [1.807, 2.05) is 26.0 Å². The van der Waals surface area contributed by atoms with Gasteiger partial charge in [-0.05, 0) is 29.3 Å². The van der Waals surface area contributed by atoms with E-state index in [2.05, 4.69) is 75.9 Å². The molecule has 2 aromatic rings. The maximum absolute atomic E-state index is 11.2. The van der Waals surface area contributed by atoms with Crippen molar-refractivity contribution in [3.05, 3.63) is 73.3 Å². The molecule has 0 saturated carbocycles. The van der Waals surface area contributed by atoms with Gasteiger partial charge >= 0.3 is 0 Å². The summed E-state index contributed by atoms with van der Waals surface area (Å²) in [4.78, 5) is 0. The van der Waals surface area contributed by atoms with E-state index >= 15 is 0 Å². The van der Waals surface area contributed by atoms with Gasteiger partial charge in [0.25, 0.3) is 8.32 Å². The molecule has 4 rings (SSSR count). The zero-order chi connectivity index (χ0) is 23.9. The number of rotatable bonds is 6. The van der Waals surface area contributed by atoms with Crippen LogP contribution in [0.4, 0.5) is 0 Å². The van der Waals surface area contributed by atoms with Crippen molar-refractivity contribution < 1.29 is 23.7 Å². The molecule has 2 aliphatic rings. The third kappa shape index (κ3) is 4.48. The highest BCUT2D eigenvalue weighted by molar-refractivity contribution is 6.99. The summed E-state index contributed by atoms with van der Waals surface area (Å²) in [6.07, 6.45) is -0.974. The zero-order valence-electron chi connectivity index (χ0n) is 20.2. The summed E-state index contributed by atoms with van der Waals surface area (Å²) in [5.41, 5.74) is 0. The van der Waals surface area contributed by atoms with E-state index in [4.69, 9.17) is 18.6 Å². The van der Waals surface area contributed by atoms with E-state index in [1.165, 1.54) is 10.4 Å². The number of benzene rings is 2. The lowest BCUT2D eigenvalue weighted by atomic mass is 9.95. The summed E-state index contributed by atoms with van der Waals surface area (Å²) in [5.74, 6) is -0.783. The molecule has 6 heteroatoms. The fraction of sp³-hybridized carbons (Fsp3) is 0.481. The molecule has 5 nitrogen and oxygen atoms in total. The van der Waals surface area contributed by atoms with Crippen LogP contribution in [0.3, 0.4) is 0 Å². The standard InChI is InChI=1S/C27H36O5Si/c1-7-21-24-25(32-27(5,6)31-24)23(28)22(30-21)18-29-33(26(2,3)4,19-14-10-8-11-15-19)20-16-12-9-13-17-20/h7-17,21-25,28H,1,18H2,2-6H3/t21-,22+,23+,24+,25-/m0/s1. The number of hydrogen-bond acceptors (Lipinski definition) is 5. The highest BCUT2D eigenvalue weighted by Gasteiger charge is 2.56. The Hall–Kier alpha value is -1.80. The van der Waals surface area contributed by atoms with Crippen molar-refractivity contribution in [3.8, 4) is 0 Å². The molecule has 0 bridgehead atoms. The summed E-state index contributed by atoms with van der Waals surface area (Å²) in [6.45, 7) is 14.6. The molecule has 2 saturated heterocycles. The van der Waals surface area contributed by atoms with Crippen LogP contribution in [0.2, 0.25) is 5.04 Å². The molecule has 0 radical (unpaired) electrons. The predicted molar refractivity (Wildman–Crippen MR) is 132 cm³/mol. The molecule has 33 heavy (non-hydrogen) atoms. The van der Waals surface area contributed by atoms with E-state index in [9.17, 15) is 5.11 Å². The first-order valence-corrected chi connectivity index (χ1v) is 13.6. The third-order valence-electron chi connectivity index (χ3n) is 6.65. The van der Waals surface area contributed by atoms with Gasteiger partial charge in [0, 0.05) is 0 Å². The molecule has 178 valence electrons. The Labute approximate surface area is 198 Å². The first kappa shape index (κ1) is 24.3. The first-order valence-electron chi connectivity index (χ1n) is 11.7. The summed E-state index contributed by atoms with van der Waals surface area (Å²) >= 11 is 0. The van der Waals surface area contributed by atoms with E-state index in [1.54, 1.807) is 6.08 Å². The Morgan fingerprint density at radius 1 is 0.970 bits per heavy atom. The van der Waals surface area contributed by atoms with E-state index in [0.29, 0.717) is 0 Å². The second-order valence-corrected chi connectivity index (χ2v) is 14.7. The monoisotopic (exact) mass is 468 g/mol. The maximum atomic E-state index is 11.2. The van der Waals surface area contributed by atoms with Gasteiger partial charge in [0.1, 0.15) is 30.5 Å². The Morgan fingerprint density at radius 2 is 1.48 bits per heavy atom. The molecule has 0 amide bonds.